The van der Waals surface area contributed by atoms with Crippen LogP contribution in [0.2, 0.25) is 0 Å². The molecule has 2 heterocycles. The number of pyridine rings is 1. The number of nitrogens with zero attached hydrogens (tertiary/aromatic N) is 1. The Hall–Kier alpha value is -2.48. The summed E-state index contributed by atoms with van der Waals surface area (Å²) in [4.78, 5) is 15.6. The van der Waals surface area contributed by atoms with Gasteiger partial charge in [-0.1, -0.05) is 24.3 Å². The van der Waals surface area contributed by atoms with Crippen LogP contribution in [0.15, 0.2) is 58.2 Å². The molecular weight excluding hydrogens is 398 g/mol. The standard InChI is InChI=1S/C23H27N3O3S/c1-16-4-3-5-20-21(16)14-22(25-23(20)27)18-6-8-19(9-7-18)30(28,29)26(2)15-17-10-12-24-13-11-17/h3-9,14,17,24H,10-13,15H2,1-2H3,(H,25,27). The third-order valence-corrected chi connectivity index (χ3v) is 7.79. The highest BCUT2D eigenvalue weighted by Crippen LogP contribution is 2.25. The Labute approximate surface area is 177 Å². The maximum absolute atomic E-state index is 13.0. The molecule has 0 amide bonds. The molecule has 2 aromatic carbocycles. The number of aryl methyl sites for hydroxylation is 1. The Morgan fingerprint density at radius 1 is 1.03 bits per heavy atom. The van der Waals surface area contributed by atoms with E-state index in [-0.39, 0.29) is 10.5 Å². The number of piperidine rings is 1. The van der Waals surface area contributed by atoms with Crippen LogP contribution in [-0.2, 0) is 10.0 Å². The summed E-state index contributed by atoms with van der Waals surface area (Å²) < 4.78 is 27.4. The maximum atomic E-state index is 13.0. The summed E-state index contributed by atoms with van der Waals surface area (Å²) in [6.07, 6.45) is 1.99. The predicted molar refractivity (Wildman–Crippen MR) is 120 cm³/mol. The summed E-state index contributed by atoms with van der Waals surface area (Å²) in [5.74, 6) is 0.385. The van der Waals surface area contributed by atoms with Gasteiger partial charge in [0.05, 0.1) is 4.90 Å². The summed E-state index contributed by atoms with van der Waals surface area (Å²) in [6, 6.07) is 14.3. The summed E-state index contributed by atoms with van der Waals surface area (Å²) in [5.41, 5.74) is 2.33. The second kappa shape index (κ2) is 8.34. The van der Waals surface area contributed by atoms with Gasteiger partial charge < -0.3 is 10.3 Å². The normalized spacial score (nSPS) is 15.7. The van der Waals surface area contributed by atoms with E-state index in [9.17, 15) is 13.2 Å². The fourth-order valence-corrected chi connectivity index (χ4v) is 5.36. The predicted octanol–water partition coefficient (Wildman–Crippen LogP) is 3.12. The van der Waals surface area contributed by atoms with Crippen molar-refractivity contribution in [3.05, 3.63) is 64.4 Å². The van der Waals surface area contributed by atoms with Gasteiger partial charge in [-0.05, 0) is 79.6 Å². The fraction of sp³-hybridized carbons (Fsp3) is 0.348. The quantitative estimate of drug-likeness (QED) is 0.658. The minimum absolute atomic E-state index is 0.149. The van der Waals surface area contributed by atoms with Crippen LogP contribution in [0, 0.1) is 12.8 Å². The number of nitrogens with one attached hydrogen (secondary N) is 2. The van der Waals surface area contributed by atoms with Crippen molar-refractivity contribution in [2.45, 2.75) is 24.7 Å². The van der Waals surface area contributed by atoms with Crippen molar-refractivity contribution < 1.29 is 8.42 Å². The molecule has 6 nitrogen and oxygen atoms in total. The Morgan fingerprint density at radius 3 is 2.43 bits per heavy atom. The summed E-state index contributed by atoms with van der Waals surface area (Å²) in [5, 5.41) is 4.85. The van der Waals surface area contributed by atoms with E-state index in [1.807, 2.05) is 25.1 Å². The lowest BCUT2D eigenvalue weighted by atomic mass is 9.98. The lowest BCUT2D eigenvalue weighted by Crippen LogP contribution is -2.37. The van der Waals surface area contributed by atoms with Gasteiger partial charge in [0.2, 0.25) is 10.0 Å². The van der Waals surface area contributed by atoms with Gasteiger partial charge in [-0.25, -0.2) is 12.7 Å². The zero-order valence-electron chi connectivity index (χ0n) is 17.3. The number of rotatable bonds is 5. The number of aromatic amines is 1. The molecule has 1 fully saturated rings. The van der Waals surface area contributed by atoms with Gasteiger partial charge in [-0.15, -0.1) is 0 Å². The van der Waals surface area contributed by atoms with Crippen molar-refractivity contribution in [3.63, 3.8) is 0 Å². The van der Waals surface area contributed by atoms with Crippen LogP contribution in [0.3, 0.4) is 0 Å². The van der Waals surface area contributed by atoms with Crippen molar-refractivity contribution >= 4 is 20.8 Å². The van der Waals surface area contributed by atoms with Crippen LogP contribution in [0.1, 0.15) is 18.4 Å². The first kappa shape index (κ1) is 20.8. The van der Waals surface area contributed by atoms with Crippen LogP contribution in [0.5, 0.6) is 0 Å². The van der Waals surface area contributed by atoms with E-state index in [1.54, 1.807) is 37.4 Å². The van der Waals surface area contributed by atoms with Crippen LogP contribution in [0.4, 0.5) is 0 Å². The van der Waals surface area contributed by atoms with E-state index >= 15 is 0 Å². The highest BCUT2D eigenvalue weighted by Gasteiger charge is 2.24. The molecule has 2 N–H and O–H groups in total. The molecular formula is C23H27N3O3S. The molecule has 1 aliphatic heterocycles. The van der Waals surface area contributed by atoms with E-state index in [0.29, 0.717) is 23.5 Å². The maximum Gasteiger partial charge on any atom is 0.256 e. The Kier molecular flexibility index (Phi) is 5.77. The van der Waals surface area contributed by atoms with E-state index in [0.717, 1.165) is 42.4 Å². The molecule has 0 aliphatic carbocycles. The van der Waals surface area contributed by atoms with Gasteiger partial charge in [0, 0.05) is 24.7 Å². The Bertz CT molecular complexity index is 1210. The van der Waals surface area contributed by atoms with E-state index in [2.05, 4.69) is 10.3 Å². The van der Waals surface area contributed by atoms with Crippen molar-refractivity contribution in [2.24, 2.45) is 5.92 Å². The summed E-state index contributed by atoms with van der Waals surface area (Å²) in [7, 11) is -1.90. The minimum atomic E-state index is -3.55. The molecule has 1 saturated heterocycles. The number of benzene rings is 2. The minimum Gasteiger partial charge on any atom is -0.321 e. The Balaban J connectivity index is 1.60. The molecule has 4 rings (SSSR count). The molecule has 0 atom stereocenters. The van der Waals surface area contributed by atoms with Gasteiger partial charge in [0.1, 0.15) is 0 Å². The van der Waals surface area contributed by atoms with Crippen molar-refractivity contribution in [1.82, 2.24) is 14.6 Å². The molecule has 158 valence electrons. The van der Waals surface area contributed by atoms with Gasteiger partial charge in [-0.3, -0.25) is 4.79 Å². The number of hydrogen-bond donors (Lipinski definition) is 2. The third kappa shape index (κ3) is 4.05. The molecule has 0 saturated carbocycles. The first-order chi connectivity index (χ1) is 14.4. The van der Waals surface area contributed by atoms with Crippen LogP contribution >= 0.6 is 0 Å². The molecule has 3 aromatic rings. The third-order valence-electron chi connectivity index (χ3n) is 5.95. The van der Waals surface area contributed by atoms with Crippen LogP contribution in [0.25, 0.3) is 22.0 Å². The van der Waals surface area contributed by atoms with Crippen molar-refractivity contribution in [2.75, 3.05) is 26.7 Å². The molecule has 0 spiro atoms. The smallest absolute Gasteiger partial charge is 0.256 e. The zero-order valence-corrected chi connectivity index (χ0v) is 18.1. The monoisotopic (exact) mass is 425 g/mol. The highest BCUT2D eigenvalue weighted by molar-refractivity contribution is 7.89. The van der Waals surface area contributed by atoms with Gasteiger partial charge in [0.25, 0.3) is 5.56 Å². The van der Waals surface area contributed by atoms with Crippen molar-refractivity contribution in [1.29, 1.82) is 0 Å². The number of sulfonamides is 1. The lowest BCUT2D eigenvalue weighted by molar-refractivity contribution is 0.311. The van der Waals surface area contributed by atoms with Crippen LogP contribution < -0.4 is 10.9 Å². The molecule has 30 heavy (non-hydrogen) atoms. The van der Waals surface area contributed by atoms with Gasteiger partial charge in [0.15, 0.2) is 0 Å². The van der Waals surface area contributed by atoms with E-state index < -0.39 is 10.0 Å². The molecule has 1 aliphatic rings. The molecule has 0 bridgehead atoms. The lowest BCUT2D eigenvalue weighted by Gasteiger charge is -2.27. The average molecular weight is 426 g/mol. The molecule has 0 unspecified atom stereocenters. The topological polar surface area (TPSA) is 82.3 Å². The molecule has 7 heteroatoms. The van der Waals surface area contributed by atoms with Gasteiger partial charge in [-0.2, -0.15) is 0 Å². The number of fused-ring (bicyclic) bond motifs is 1. The van der Waals surface area contributed by atoms with E-state index in [4.69, 9.17) is 0 Å². The van der Waals surface area contributed by atoms with Gasteiger partial charge >= 0.3 is 0 Å². The number of H-pyrrole nitrogens is 1. The number of aromatic nitrogens is 1. The van der Waals surface area contributed by atoms with E-state index in [1.165, 1.54) is 4.31 Å². The highest BCUT2D eigenvalue weighted by atomic mass is 32.2. The summed E-state index contributed by atoms with van der Waals surface area (Å²) >= 11 is 0. The fourth-order valence-electron chi connectivity index (χ4n) is 4.11. The molecule has 1 aromatic heterocycles. The summed E-state index contributed by atoms with van der Waals surface area (Å²) in [6.45, 7) is 4.38. The second-order valence-corrected chi connectivity index (χ2v) is 10.1. The zero-order chi connectivity index (χ0) is 21.3. The first-order valence-electron chi connectivity index (χ1n) is 10.3. The SMILES string of the molecule is Cc1cccc2c(=O)[nH]c(-c3ccc(S(=O)(=O)N(C)CC4CCNCC4)cc3)cc12. The van der Waals surface area contributed by atoms with Crippen molar-refractivity contribution in [3.8, 4) is 11.3 Å². The first-order valence-corrected chi connectivity index (χ1v) is 11.7. The second-order valence-electron chi connectivity index (χ2n) is 8.05. The van der Waals surface area contributed by atoms with Crippen LogP contribution in [-0.4, -0.2) is 44.4 Å². The molecule has 0 radical (unpaired) electrons. The number of hydrogen-bond acceptors (Lipinski definition) is 4. The Morgan fingerprint density at radius 2 is 1.73 bits per heavy atom. The average Bonchev–Trinajstić information content (AvgIpc) is 2.75. The largest absolute Gasteiger partial charge is 0.321 e.